The van der Waals surface area contributed by atoms with Gasteiger partial charge in [0.05, 0.1) is 0 Å². The summed E-state index contributed by atoms with van der Waals surface area (Å²) in [7, 11) is 0. The van der Waals surface area contributed by atoms with E-state index in [0.29, 0.717) is 6.04 Å². The molecule has 1 aliphatic rings. The molecule has 3 heteroatoms. The Balaban J connectivity index is 2.01. The summed E-state index contributed by atoms with van der Waals surface area (Å²) < 4.78 is 0. The molecule has 0 spiro atoms. The van der Waals surface area contributed by atoms with E-state index in [2.05, 4.69) is 29.3 Å². The molecule has 1 fully saturated rings. The third-order valence-corrected chi connectivity index (χ3v) is 3.19. The van der Waals surface area contributed by atoms with Crippen LogP contribution in [-0.4, -0.2) is 25.7 Å². The largest absolute Gasteiger partial charge is 0.370 e. The van der Waals surface area contributed by atoms with Crippen LogP contribution in [0.15, 0.2) is 24.3 Å². The van der Waals surface area contributed by atoms with Crippen molar-refractivity contribution in [2.24, 2.45) is 0 Å². The van der Waals surface area contributed by atoms with E-state index in [4.69, 9.17) is 11.6 Å². The lowest BCUT2D eigenvalue weighted by Crippen LogP contribution is -2.50. The van der Waals surface area contributed by atoms with Gasteiger partial charge >= 0.3 is 0 Å². The van der Waals surface area contributed by atoms with E-state index in [1.807, 2.05) is 12.1 Å². The molecule has 15 heavy (non-hydrogen) atoms. The summed E-state index contributed by atoms with van der Waals surface area (Å²) in [6, 6.07) is 8.75. The van der Waals surface area contributed by atoms with Gasteiger partial charge in [0.1, 0.15) is 0 Å². The van der Waals surface area contributed by atoms with Gasteiger partial charge in [-0.1, -0.05) is 11.6 Å². The van der Waals surface area contributed by atoms with Gasteiger partial charge in [0.15, 0.2) is 0 Å². The van der Waals surface area contributed by atoms with Crippen LogP contribution < -0.4 is 10.2 Å². The van der Waals surface area contributed by atoms with Crippen molar-refractivity contribution in [3.63, 3.8) is 0 Å². The van der Waals surface area contributed by atoms with E-state index in [0.717, 1.165) is 18.1 Å². The van der Waals surface area contributed by atoms with Crippen LogP contribution in [0.3, 0.4) is 0 Å². The Hall–Kier alpha value is -0.730. The van der Waals surface area contributed by atoms with Crippen molar-refractivity contribution in [1.82, 2.24) is 5.32 Å². The number of halogens is 1. The lowest BCUT2D eigenvalue weighted by molar-refractivity contribution is 0.371. The van der Waals surface area contributed by atoms with Crippen molar-refractivity contribution in [1.29, 1.82) is 0 Å². The molecule has 0 bridgehead atoms. The molecule has 0 amide bonds. The molecule has 1 heterocycles. The molecule has 0 aliphatic carbocycles. The molecule has 0 unspecified atom stereocenters. The minimum Gasteiger partial charge on any atom is -0.370 e. The highest BCUT2D eigenvalue weighted by Gasteiger charge is 2.19. The van der Waals surface area contributed by atoms with Gasteiger partial charge in [0, 0.05) is 29.8 Å². The van der Waals surface area contributed by atoms with Gasteiger partial charge in [-0.25, -0.2) is 0 Å². The molecule has 2 nitrogen and oxygen atoms in total. The molecule has 82 valence electrons. The van der Waals surface area contributed by atoms with Gasteiger partial charge in [-0.05, 0) is 44.2 Å². The zero-order valence-corrected chi connectivity index (χ0v) is 9.80. The Morgan fingerprint density at radius 1 is 1.40 bits per heavy atom. The smallest absolute Gasteiger partial charge is 0.0407 e. The van der Waals surface area contributed by atoms with Crippen LogP contribution in [0.4, 0.5) is 5.69 Å². The van der Waals surface area contributed by atoms with Gasteiger partial charge in [-0.3, -0.25) is 0 Å². The molecule has 1 aliphatic heterocycles. The van der Waals surface area contributed by atoms with E-state index in [-0.39, 0.29) is 0 Å². The summed E-state index contributed by atoms with van der Waals surface area (Å²) >= 11 is 5.87. The van der Waals surface area contributed by atoms with E-state index < -0.39 is 0 Å². The van der Waals surface area contributed by atoms with Crippen molar-refractivity contribution in [2.75, 3.05) is 24.5 Å². The van der Waals surface area contributed by atoms with Gasteiger partial charge in [0.25, 0.3) is 0 Å². The highest BCUT2D eigenvalue weighted by molar-refractivity contribution is 6.30. The second kappa shape index (κ2) is 4.86. The lowest BCUT2D eigenvalue weighted by Gasteiger charge is -2.34. The maximum Gasteiger partial charge on any atom is 0.0407 e. The second-order valence-corrected chi connectivity index (χ2v) is 4.39. The number of benzene rings is 1. The average molecular weight is 225 g/mol. The number of likely N-dealkylation sites (N-methyl/N-ethyl adjacent to an activating group) is 1. The third kappa shape index (κ3) is 2.64. The first kappa shape index (κ1) is 10.8. The Morgan fingerprint density at radius 2 is 2.07 bits per heavy atom. The normalized spacial score (nSPS) is 19.7. The first-order chi connectivity index (χ1) is 7.29. The first-order valence-corrected chi connectivity index (χ1v) is 5.91. The Bertz CT molecular complexity index is 306. The lowest BCUT2D eigenvalue weighted by atomic mass is 10.1. The summed E-state index contributed by atoms with van der Waals surface area (Å²) in [5.74, 6) is 0. The summed E-state index contributed by atoms with van der Waals surface area (Å²) in [6.07, 6.45) is 1.30. The van der Waals surface area contributed by atoms with E-state index in [1.165, 1.54) is 18.7 Å². The fourth-order valence-corrected chi connectivity index (χ4v) is 1.97. The van der Waals surface area contributed by atoms with E-state index >= 15 is 0 Å². The average Bonchev–Trinajstić information content (AvgIpc) is 2.19. The third-order valence-electron chi connectivity index (χ3n) is 2.94. The maximum atomic E-state index is 5.87. The molecule has 0 saturated carbocycles. The quantitative estimate of drug-likeness (QED) is 0.846. The highest BCUT2D eigenvalue weighted by atomic mass is 35.5. The van der Waals surface area contributed by atoms with Crippen LogP contribution in [0, 0.1) is 0 Å². The minimum absolute atomic E-state index is 0.667. The first-order valence-electron chi connectivity index (χ1n) is 5.53. The van der Waals surface area contributed by atoms with Crippen LogP contribution in [-0.2, 0) is 0 Å². The number of hydrogen-bond donors (Lipinski definition) is 1. The number of nitrogens with zero attached hydrogens (tertiary/aromatic N) is 1. The van der Waals surface area contributed by atoms with Crippen LogP contribution in [0.5, 0.6) is 0 Å². The van der Waals surface area contributed by atoms with Gasteiger partial charge in [-0.2, -0.15) is 0 Å². The number of nitrogens with one attached hydrogen (secondary N) is 1. The molecule has 1 aromatic carbocycles. The van der Waals surface area contributed by atoms with Crippen molar-refractivity contribution >= 4 is 17.3 Å². The van der Waals surface area contributed by atoms with E-state index in [9.17, 15) is 0 Å². The molecule has 0 radical (unpaired) electrons. The van der Waals surface area contributed by atoms with Crippen molar-refractivity contribution < 1.29 is 0 Å². The van der Waals surface area contributed by atoms with Crippen molar-refractivity contribution in [2.45, 2.75) is 19.4 Å². The van der Waals surface area contributed by atoms with Crippen LogP contribution in [0.2, 0.25) is 5.02 Å². The summed E-state index contributed by atoms with van der Waals surface area (Å²) in [5, 5.41) is 4.23. The molecular formula is C12H17ClN2. The summed E-state index contributed by atoms with van der Waals surface area (Å²) in [6.45, 7) is 5.49. The zero-order chi connectivity index (χ0) is 10.7. The topological polar surface area (TPSA) is 15.3 Å². The summed E-state index contributed by atoms with van der Waals surface area (Å²) in [5.41, 5.74) is 1.26. The molecule has 2 rings (SSSR count). The van der Waals surface area contributed by atoms with Crippen LogP contribution >= 0.6 is 11.6 Å². The second-order valence-electron chi connectivity index (χ2n) is 3.95. The predicted octanol–water partition coefficient (Wildman–Crippen LogP) is 2.53. The summed E-state index contributed by atoms with van der Waals surface area (Å²) in [4.78, 5) is 2.38. The van der Waals surface area contributed by atoms with Gasteiger partial charge in [-0.15, -0.1) is 0 Å². The van der Waals surface area contributed by atoms with Crippen LogP contribution in [0.1, 0.15) is 13.3 Å². The zero-order valence-electron chi connectivity index (χ0n) is 9.04. The highest BCUT2D eigenvalue weighted by Crippen LogP contribution is 2.19. The number of anilines is 1. The molecule has 0 aromatic heterocycles. The fraction of sp³-hybridized carbons (Fsp3) is 0.500. The van der Waals surface area contributed by atoms with Crippen LogP contribution in [0.25, 0.3) is 0 Å². The monoisotopic (exact) mass is 224 g/mol. The predicted molar refractivity (Wildman–Crippen MR) is 65.7 cm³/mol. The van der Waals surface area contributed by atoms with Crippen molar-refractivity contribution in [3.05, 3.63) is 29.3 Å². The molecule has 1 N–H and O–H groups in total. The Morgan fingerprint density at radius 3 is 2.53 bits per heavy atom. The number of hydrogen-bond acceptors (Lipinski definition) is 2. The standard InChI is InChI=1S/C12H17ClN2/c1-2-15(9-11-7-8-14-11)12-5-3-10(13)4-6-12/h3-6,11,14H,2,7-9H2,1H3/t11-/m0/s1. The molecule has 1 atom stereocenters. The Labute approximate surface area is 96.2 Å². The molecular weight excluding hydrogens is 208 g/mol. The minimum atomic E-state index is 0.667. The Kier molecular flexibility index (Phi) is 3.49. The molecule has 1 aromatic rings. The maximum absolute atomic E-state index is 5.87. The fourth-order valence-electron chi connectivity index (χ4n) is 1.84. The number of rotatable bonds is 4. The van der Waals surface area contributed by atoms with Gasteiger partial charge < -0.3 is 10.2 Å². The SMILES string of the molecule is CCN(C[C@@H]1CCN1)c1ccc(Cl)cc1. The van der Waals surface area contributed by atoms with Gasteiger partial charge in [0.2, 0.25) is 0 Å². The van der Waals surface area contributed by atoms with Crippen molar-refractivity contribution in [3.8, 4) is 0 Å². The molecule has 1 saturated heterocycles. The van der Waals surface area contributed by atoms with E-state index in [1.54, 1.807) is 0 Å².